The molecular formula is C9H13N3O. The van der Waals surface area contributed by atoms with Crippen molar-refractivity contribution in [1.82, 2.24) is 9.97 Å². The molecule has 0 atom stereocenters. The van der Waals surface area contributed by atoms with Crippen molar-refractivity contribution >= 4 is 5.95 Å². The summed E-state index contributed by atoms with van der Waals surface area (Å²) in [6, 6.07) is 0.519. The van der Waals surface area contributed by atoms with E-state index in [2.05, 4.69) is 15.3 Å². The topological polar surface area (TPSA) is 57.8 Å². The Morgan fingerprint density at radius 3 is 2.69 bits per heavy atom. The molecule has 2 rings (SSSR count). The van der Waals surface area contributed by atoms with E-state index in [9.17, 15) is 4.79 Å². The van der Waals surface area contributed by atoms with Crippen LogP contribution in [-0.4, -0.2) is 16.0 Å². The third-order valence-corrected chi connectivity index (χ3v) is 2.31. The Kier molecular flexibility index (Phi) is 1.83. The Balaban J connectivity index is 2.31. The second kappa shape index (κ2) is 2.87. The van der Waals surface area contributed by atoms with Crippen molar-refractivity contribution in [2.24, 2.45) is 0 Å². The van der Waals surface area contributed by atoms with E-state index in [-0.39, 0.29) is 5.56 Å². The maximum Gasteiger partial charge on any atom is 0.255 e. The van der Waals surface area contributed by atoms with Crippen molar-refractivity contribution in [3.05, 3.63) is 21.6 Å². The standard InChI is InChI=1S/C9H13N3O/c1-5-6(2)10-9(12-8(5)13)11-7-3-4-7/h7H,3-4H2,1-2H3,(H2,10,11,12,13). The largest absolute Gasteiger partial charge is 0.353 e. The average Bonchev–Trinajstić information content (AvgIpc) is 2.84. The monoisotopic (exact) mass is 179 g/mol. The van der Waals surface area contributed by atoms with Crippen molar-refractivity contribution < 1.29 is 0 Å². The van der Waals surface area contributed by atoms with Crippen LogP contribution < -0.4 is 10.9 Å². The normalized spacial score (nSPS) is 15.8. The minimum absolute atomic E-state index is 0.0457. The molecule has 0 unspecified atom stereocenters. The van der Waals surface area contributed by atoms with Crippen LogP contribution in [0.5, 0.6) is 0 Å². The van der Waals surface area contributed by atoms with Gasteiger partial charge < -0.3 is 5.32 Å². The van der Waals surface area contributed by atoms with E-state index in [1.807, 2.05) is 6.92 Å². The summed E-state index contributed by atoms with van der Waals surface area (Å²) in [5, 5.41) is 3.16. The molecule has 1 aliphatic carbocycles. The van der Waals surface area contributed by atoms with E-state index >= 15 is 0 Å². The molecule has 0 radical (unpaired) electrons. The second-order valence-electron chi connectivity index (χ2n) is 3.54. The Bertz CT molecular complexity index is 379. The Hall–Kier alpha value is -1.32. The second-order valence-corrected chi connectivity index (χ2v) is 3.54. The molecule has 13 heavy (non-hydrogen) atoms. The summed E-state index contributed by atoms with van der Waals surface area (Å²) in [4.78, 5) is 18.3. The number of nitrogens with one attached hydrogen (secondary N) is 2. The van der Waals surface area contributed by atoms with E-state index in [0.717, 1.165) is 5.69 Å². The number of rotatable bonds is 2. The summed E-state index contributed by atoms with van der Waals surface area (Å²) in [5.41, 5.74) is 1.45. The molecule has 0 aliphatic heterocycles. The van der Waals surface area contributed by atoms with Crippen LogP contribution in [0.3, 0.4) is 0 Å². The summed E-state index contributed by atoms with van der Waals surface area (Å²) in [6.07, 6.45) is 2.35. The SMILES string of the molecule is Cc1nc(NC2CC2)[nH]c(=O)c1C. The van der Waals surface area contributed by atoms with Crippen molar-refractivity contribution in [1.29, 1.82) is 0 Å². The minimum Gasteiger partial charge on any atom is -0.353 e. The molecule has 1 fully saturated rings. The maximum atomic E-state index is 11.3. The van der Waals surface area contributed by atoms with Gasteiger partial charge in [-0.2, -0.15) is 0 Å². The predicted molar refractivity (Wildman–Crippen MR) is 51.0 cm³/mol. The molecule has 0 saturated heterocycles. The molecule has 0 aromatic carbocycles. The molecular weight excluding hydrogens is 166 g/mol. The number of hydrogen-bond donors (Lipinski definition) is 2. The molecule has 4 heteroatoms. The third kappa shape index (κ3) is 1.71. The molecule has 1 aliphatic rings. The van der Waals surface area contributed by atoms with E-state index in [0.29, 0.717) is 17.6 Å². The fraction of sp³-hybridized carbons (Fsp3) is 0.556. The van der Waals surface area contributed by atoms with Gasteiger partial charge in [-0.25, -0.2) is 4.98 Å². The molecule has 0 bridgehead atoms. The number of aromatic amines is 1. The lowest BCUT2D eigenvalue weighted by atomic mass is 10.3. The highest BCUT2D eigenvalue weighted by atomic mass is 16.1. The van der Waals surface area contributed by atoms with E-state index in [4.69, 9.17) is 0 Å². The fourth-order valence-electron chi connectivity index (χ4n) is 1.13. The zero-order valence-corrected chi connectivity index (χ0v) is 7.85. The van der Waals surface area contributed by atoms with Gasteiger partial charge in [0.05, 0.1) is 0 Å². The summed E-state index contributed by atoms with van der Waals surface area (Å²) in [5.74, 6) is 0.607. The van der Waals surface area contributed by atoms with Crippen LogP contribution >= 0.6 is 0 Å². The lowest BCUT2D eigenvalue weighted by molar-refractivity contribution is 0.983. The fourth-order valence-corrected chi connectivity index (χ4v) is 1.13. The number of nitrogens with zero attached hydrogens (tertiary/aromatic N) is 1. The Labute approximate surface area is 76.4 Å². The first-order chi connectivity index (χ1) is 6.16. The molecule has 0 spiro atoms. The average molecular weight is 179 g/mol. The third-order valence-electron chi connectivity index (χ3n) is 2.31. The van der Waals surface area contributed by atoms with Crippen LogP contribution in [-0.2, 0) is 0 Å². The quantitative estimate of drug-likeness (QED) is 0.711. The van der Waals surface area contributed by atoms with Crippen LogP contribution in [0.4, 0.5) is 5.95 Å². The van der Waals surface area contributed by atoms with Crippen molar-refractivity contribution in [3.8, 4) is 0 Å². The summed E-state index contributed by atoms with van der Waals surface area (Å²) >= 11 is 0. The van der Waals surface area contributed by atoms with Crippen LogP contribution in [0.2, 0.25) is 0 Å². The minimum atomic E-state index is -0.0457. The molecule has 1 aromatic heterocycles. The van der Waals surface area contributed by atoms with E-state index < -0.39 is 0 Å². The highest BCUT2D eigenvalue weighted by Gasteiger charge is 2.21. The van der Waals surface area contributed by atoms with E-state index in [1.165, 1.54) is 12.8 Å². The van der Waals surface area contributed by atoms with Crippen LogP contribution in [0.25, 0.3) is 0 Å². The lowest BCUT2D eigenvalue weighted by Gasteiger charge is -2.04. The lowest BCUT2D eigenvalue weighted by Crippen LogP contribution is -2.17. The highest BCUT2D eigenvalue weighted by molar-refractivity contribution is 5.31. The molecule has 1 saturated carbocycles. The smallest absolute Gasteiger partial charge is 0.255 e. The van der Waals surface area contributed by atoms with Crippen LogP contribution in [0, 0.1) is 13.8 Å². The number of aromatic nitrogens is 2. The van der Waals surface area contributed by atoms with Gasteiger partial charge in [-0.3, -0.25) is 9.78 Å². The van der Waals surface area contributed by atoms with Gasteiger partial charge in [-0.05, 0) is 26.7 Å². The zero-order chi connectivity index (χ0) is 9.42. The number of H-pyrrole nitrogens is 1. The zero-order valence-electron chi connectivity index (χ0n) is 7.85. The van der Waals surface area contributed by atoms with Crippen LogP contribution in [0.15, 0.2) is 4.79 Å². The molecule has 2 N–H and O–H groups in total. The molecule has 1 aromatic rings. The summed E-state index contributed by atoms with van der Waals surface area (Å²) in [7, 11) is 0. The Morgan fingerprint density at radius 1 is 1.46 bits per heavy atom. The molecule has 4 nitrogen and oxygen atoms in total. The molecule has 70 valence electrons. The van der Waals surface area contributed by atoms with Crippen molar-refractivity contribution in [3.63, 3.8) is 0 Å². The van der Waals surface area contributed by atoms with Gasteiger partial charge >= 0.3 is 0 Å². The van der Waals surface area contributed by atoms with E-state index in [1.54, 1.807) is 6.92 Å². The van der Waals surface area contributed by atoms with Crippen molar-refractivity contribution in [2.45, 2.75) is 32.7 Å². The number of aryl methyl sites for hydroxylation is 1. The van der Waals surface area contributed by atoms with Gasteiger partial charge in [0.2, 0.25) is 5.95 Å². The number of hydrogen-bond acceptors (Lipinski definition) is 3. The highest BCUT2D eigenvalue weighted by Crippen LogP contribution is 2.22. The maximum absolute atomic E-state index is 11.3. The number of anilines is 1. The summed E-state index contributed by atoms with van der Waals surface area (Å²) < 4.78 is 0. The summed E-state index contributed by atoms with van der Waals surface area (Å²) in [6.45, 7) is 3.63. The molecule has 1 heterocycles. The van der Waals surface area contributed by atoms with Gasteiger partial charge in [0.1, 0.15) is 0 Å². The van der Waals surface area contributed by atoms with Crippen LogP contribution in [0.1, 0.15) is 24.1 Å². The first kappa shape index (κ1) is 8.29. The first-order valence-corrected chi connectivity index (χ1v) is 4.51. The Morgan fingerprint density at radius 2 is 2.15 bits per heavy atom. The van der Waals surface area contributed by atoms with Gasteiger partial charge in [0.15, 0.2) is 0 Å². The van der Waals surface area contributed by atoms with Crippen molar-refractivity contribution in [2.75, 3.05) is 5.32 Å². The molecule has 0 amide bonds. The van der Waals surface area contributed by atoms with Gasteiger partial charge in [0.25, 0.3) is 5.56 Å². The van der Waals surface area contributed by atoms with Gasteiger partial charge in [0, 0.05) is 17.3 Å². The predicted octanol–water partition coefficient (Wildman–Crippen LogP) is 0.961. The van der Waals surface area contributed by atoms with Gasteiger partial charge in [-0.15, -0.1) is 0 Å². The first-order valence-electron chi connectivity index (χ1n) is 4.51. The van der Waals surface area contributed by atoms with Gasteiger partial charge in [-0.1, -0.05) is 0 Å².